The van der Waals surface area contributed by atoms with Crippen LogP contribution in [0.1, 0.15) is 5.82 Å². The fourth-order valence-corrected chi connectivity index (χ4v) is 3.28. The summed E-state index contributed by atoms with van der Waals surface area (Å²) in [5.41, 5.74) is 7.94. The summed E-state index contributed by atoms with van der Waals surface area (Å²) in [7, 11) is 0. The predicted octanol–water partition coefficient (Wildman–Crippen LogP) is 1.78. The normalized spacial score (nSPS) is 11.4. The minimum atomic E-state index is 0.462. The molecule has 0 aliphatic carbocycles. The number of rotatable bonds is 12. The molecule has 0 unspecified atom stereocenters. The Morgan fingerprint density at radius 2 is 1.87 bits per heavy atom. The average Bonchev–Trinajstić information content (AvgIpc) is 3.37. The highest BCUT2D eigenvalue weighted by Gasteiger charge is 2.12. The van der Waals surface area contributed by atoms with Crippen LogP contribution in [0.5, 0.6) is 0 Å². The number of aromatic nitrogens is 6. The van der Waals surface area contributed by atoms with E-state index in [2.05, 4.69) is 51.6 Å². The number of ether oxygens (including phenoxy) is 2. The highest BCUT2D eigenvalue weighted by molar-refractivity contribution is 9.10. The molecule has 0 amide bonds. The largest absolute Gasteiger partial charge is 0.378 e. The molecule has 0 radical (unpaired) electrons. The van der Waals surface area contributed by atoms with E-state index in [-0.39, 0.29) is 0 Å². The van der Waals surface area contributed by atoms with Crippen LogP contribution in [-0.2, 0) is 16.0 Å². The van der Waals surface area contributed by atoms with Gasteiger partial charge in [-0.1, -0.05) is 12.1 Å². The fourth-order valence-electron chi connectivity index (χ4n) is 2.94. The maximum Gasteiger partial charge on any atom is 0.229 e. The lowest BCUT2D eigenvalue weighted by Crippen LogP contribution is -2.17. The Bertz CT molecular complexity index is 1100. The van der Waals surface area contributed by atoms with Gasteiger partial charge in [-0.25, -0.2) is 4.98 Å². The Kier molecular flexibility index (Phi) is 7.25. The number of benzene rings is 1. The summed E-state index contributed by atoms with van der Waals surface area (Å²) in [6.45, 7) is 3.62. The summed E-state index contributed by atoms with van der Waals surface area (Å²) < 4.78 is 13.2. The molecule has 11 nitrogen and oxygen atoms in total. The number of imidazole rings is 1. The summed E-state index contributed by atoms with van der Waals surface area (Å²) >= 11 is 3.48. The van der Waals surface area contributed by atoms with Crippen LogP contribution < -0.4 is 16.4 Å². The molecule has 0 spiro atoms. The smallest absolute Gasteiger partial charge is 0.229 e. The number of halogens is 1. The number of hydrogen-bond acceptors (Lipinski definition) is 9. The topological polar surface area (TPSA) is 140 Å². The Morgan fingerprint density at radius 1 is 1.03 bits per heavy atom. The lowest BCUT2D eigenvalue weighted by molar-refractivity contribution is 0.0547. The number of fused-ring (bicyclic) bond motifs is 2. The molecule has 0 aliphatic heterocycles. The van der Waals surface area contributed by atoms with Crippen LogP contribution in [0.4, 0.5) is 11.9 Å². The number of nitrogens with zero attached hydrogens (tertiary/aromatic N) is 5. The minimum absolute atomic E-state index is 0.462. The first-order valence-corrected chi connectivity index (χ1v) is 10.7. The van der Waals surface area contributed by atoms with Crippen molar-refractivity contribution < 1.29 is 9.47 Å². The van der Waals surface area contributed by atoms with Gasteiger partial charge >= 0.3 is 0 Å². The van der Waals surface area contributed by atoms with Gasteiger partial charge in [0.2, 0.25) is 11.9 Å². The first-order valence-electron chi connectivity index (χ1n) is 9.93. The third-order valence-corrected chi connectivity index (χ3v) is 4.90. The molecule has 31 heavy (non-hydrogen) atoms. The highest BCUT2D eigenvalue weighted by Crippen LogP contribution is 2.20. The number of para-hydroxylation sites is 2. The quantitative estimate of drug-likeness (QED) is 0.219. The van der Waals surface area contributed by atoms with E-state index in [0.717, 1.165) is 21.3 Å². The van der Waals surface area contributed by atoms with E-state index in [4.69, 9.17) is 15.2 Å². The van der Waals surface area contributed by atoms with Crippen molar-refractivity contribution in [2.24, 2.45) is 5.73 Å². The third kappa shape index (κ3) is 5.47. The van der Waals surface area contributed by atoms with Crippen molar-refractivity contribution >= 4 is 44.5 Å². The molecule has 1 aromatic carbocycles. The van der Waals surface area contributed by atoms with Gasteiger partial charge in [-0.05, 0) is 28.1 Å². The number of anilines is 2. The van der Waals surface area contributed by atoms with Crippen LogP contribution in [-0.4, -0.2) is 69.1 Å². The van der Waals surface area contributed by atoms with Gasteiger partial charge in [0.25, 0.3) is 0 Å². The van der Waals surface area contributed by atoms with Gasteiger partial charge in [-0.3, -0.25) is 0 Å². The Labute approximate surface area is 186 Å². The summed E-state index contributed by atoms with van der Waals surface area (Å²) in [4.78, 5) is 16.9. The van der Waals surface area contributed by atoms with Crippen molar-refractivity contribution in [2.75, 3.05) is 50.2 Å². The highest BCUT2D eigenvalue weighted by atomic mass is 79.9. The zero-order chi connectivity index (χ0) is 21.5. The van der Waals surface area contributed by atoms with Crippen molar-refractivity contribution in [3.63, 3.8) is 0 Å². The molecule has 5 N–H and O–H groups in total. The molecule has 3 aromatic heterocycles. The molecule has 12 heteroatoms. The zero-order valence-electron chi connectivity index (χ0n) is 16.8. The average molecular weight is 490 g/mol. The van der Waals surface area contributed by atoms with Crippen molar-refractivity contribution in [1.82, 2.24) is 29.5 Å². The standard InChI is InChI=1S/C19H24BrN9O2/c20-13-11-24-29-17(13)27-18(22-6-8-31-10-9-30-7-5-21)28-19(29)23-12-16-25-14-3-1-2-4-15(14)26-16/h1-4,11H,5-10,12,21H2,(H,25,26)(H2,22,23,27,28). The molecule has 0 saturated heterocycles. The van der Waals surface area contributed by atoms with Crippen molar-refractivity contribution in [3.05, 3.63) is 40.8 Å². The van der Waals surface area contributed by atoms with Crippen molar-refractivity contribution in [3.8, 4) is 0 Å². The Morgan fingerprint density at radius 3 is 2.71 bits per heavy atom. The Balaban J connectivity index is 1.38. The molecular formula is C19H24BrN9O2. The second-order valence-electron chi connectivity index (χ2n) is 6.59. The molecule has 0 atom stereocenters. The van der Waals surface area contributed by atoms with Gasteiger partial charge in [0.05, 0.1) is 54.7 Å². The summed E-state index contributed by atoms with van der Waals surface area (Å²) in [5, 5.41) is 10.8. The van der Waals surface area contributed by atoms with Crippen molar-refractivity contribution in [2.45, 2.75) is 6.54 Å². The predicted molar refractivity (Wildman–Crippen MR) is 121 cm³/mol. The van der Waals surface area contributed by atoms with Gasteiger partial charge in [0, 0.05) is 13.1 Å². The third-order valence-electron chi connectivity index (χ3n) is 4.34. The van der Waals surface area contributed by atoms with Crippen LogP contribution in [0.15, 0.2) is 34.9 Å². The van der Waals surface area contributed by atoms with Crippen LogP contribution in [0.25, 0.3) is 16.7 Å². The van der Waals surface area contributed by atoms with E-state index in [9.17, 15) is 0 Å². The van der Waals surface area contributed by atoms with Crippen LogP contribution in [0.2, 0.25) is 0 Å². The lowest BCUT2D eigenvalue weighted by atomic mass is 10.3. The van der Waals surface area contributed by atoms with E-state index in [0.29, 0.717) is 63.6 Å². The molecule has 0 fully saturated rings. The zero-order valence-corrected chi connectivity index (χ0v) is 18.4. The molecule has 3 heterocycles. The number of H-pyrrole nitrogens is 1. The van der Waals surface area contributed by atoms with E-state index in [1.165, 1.54) is 0 Å². The van der Waals surface area contributed by atoms with Gasteiger partial charge in [-0.15, -0.1) is 0 Å². The maximum absolute atomic E-state index is 5.52. The molecule has 164 valence electrons. The number of aromatic amines is 1. The molecule has 0 bridgehead atoms. The Hall–Kier alpha value is -2.80. The molecule has 4 aromatic rings. The SMILES string of the molecule is NCCOCCOCCNc1nc(NCc2nc3ccccc3[nH]2)n2ncc(Br)c2n1. The number of nitrogens with two attached hydrogens (primary N) is 1. The van der Waals surface area contributed by atoms with E-state index >= 15 is 0 Å². The second kappa shape index (κ2) is 10.5. The van der Waals surface area contributed by atoms with Gasteiger partial charge in [0.15, 0.2) is 5.65 Å². The molecule has 4 rings (SSSR count). The fraction of sp³-hybridized carbons (Fsp3) is 0.368. The first kappa shape index (κ1) is 21.4. The maximum atomic E-state index is 5.52. The molecule has 0 aliphatic rings. The van der Waals surface area contributed by atoms with Crippen LogP contribution in [0, 0.1) is 0 Å². The minimum Gasteiger partial charge on any atom is -0.378 e. The second-order valence-corrected chi connectivity index (χ2v) is 7.45. The van der Waals surface area contributed by atoms with Gasteiger partial charge in [-0.2, -0.15) is 19.6 Å². The lowest BCUT2D eigenvalue weighted by Gasteiger charge is -2.10. The van der Waals surface area contributed by atoms with E-state index < -0.39 is 0 Å². The molecule has 0 saturated carbocycles. The monoisotopic (exact) mass is 489 g/mol. The van der Waals surface area contributed by atoms with Crippen LogP contribution >= 0.6 is 15.9 Å². The van der Waals surface area contributed by atoms with Crippen molar-refractivity contribution in [1.29, 1.82) is 0 Å². The van der Waals surface area contributed by atoms with Gasteiger partial charge in [0.1, 0.15) is 5.82 Å². The summed E-state index contributed by atoms with van der Waals surface area (Å²) in [6, 6.07) is 7.90. The summed E-state index contributed by atoms with van der Waals surface area (Å²) in [5.74, 6) is 1.83. The van der Waals surface area contributed by atoms with Crippen LogP contribution in [0.3, 0.4) is 0 Å². The van der Waals surface area contributed by atoms with Gasteiger partial charge < -0.3 is 30.8 Å². The number of hydrogen-bond donors (Lipinski definition) is 4. The number of nitrogens with one attached hydrogen (secondary N) is 3. The van der Waals surface area contributed by atoms with E-state index in [1.807, 2.05) is 24.3 Å². The van der Waals surface area contributed by atoms with E-state index in [1.54, 1.807) is 10.7 Å². The first-order chi connectivity index (χ1) is 15.2. The summed E-state index contributed by atoms with van der Waals surface area (Å²) in [6.07, 6.45) is 1.69. The molecular weight excluding hydrogens is 466 g/mol.